The van der Waals surface area contributed by atoms with E-state index >= 15 is 0 Å². The molecule has 108 valence electrons. The fourth-order valence-corrected chi connectivity index (χ4v) is 2.95. The molecule has 0 radical (unpaired) electrons. The molecule has 0 amide bonds. The van der Waals surface area contributed by atoms with Gasteiger partial charge in [-0.3, -0.25) is 4.98 Å². The third kappa shape index (κ3) is 3.37. The van der Waals surface area contributed by atoms with Gasteiger partial charge in [-0.15, -0.1) is 11.3 Å². The minimum Gasteiger partial charge on any atom is -0.398 e. The fraction of sp³-hybridized carbons (Fsp3) is 0.250. The Morgan fingerprint density at radius 2 is 2.05 bits per heavy atom. The Morgan fingerprint density at radius 1 is 1.19 bits per heavy atom. The van der Waals surface area contributed by atoms with Gasteiger partial charge in [0.25, 0.3) is 0 Å². The summed E-state index contributed by atoms with van der Waals surface area (Å²) in [4.78, 5) is 9.08. The second-order valence-electron chi connectivity index (χ2n) is 5.00. The van der Waals surface area contributed by atoms with Crippen molar-refractivity contribution in [1.29, 1.82) is 0 Å². The Balaban J connectivity index is 1.60. The van der Waals surface area contributed by atoms with Crippen LogP contribution in [0, 0.1) is 6.92 Å². The first-order valence-electron chi connectivity index (χ1n) is 6.98. The second-order valence-corrected chi connectivity index (χ2v) is 6.07. The van der Waals surface area contributed by atoms with Crippen molar-refractivity contribution in [1.82, 2.24) is 15.3 Å². The van der Waals surface area contributed by atoms with Crippen LogP contribution in [-0.4, -0.2) is 16.5 Å². The molecule has 0 atom stereocenters. The monoisotopic (exact) mass is 298 g/mol. The number of pyridine rings is 1. The standard InChI is InChI=1S/C16H18N4S/c1-11-19-12(10-21-11)6-7-18-9-13-8-15(17)14-4-2-3-5-16(14)20-13/h2-5,8,10,18H,6-7,9H2,1H3,(H2,17,20). The Labute approximate surface area is 128 Å². The molecular formula is C16H18N4S. The summed E-state index contributed by atoms with van der Waals surface area (Å²) in [5, 5.41) is 7.64. The minimum absolute atomic E-state index is 0.720. The highest BCUT2D eigenvalue weighted by atomic mass is 32.1. The van der Waals surface area contributed by atoms with E-state index in [1.54, 1.807) is 11.3 Å². The number of hydrogen-bond donors (Lipinski definition) is 2. The van der Waals surface area contributed by atoms with E-state index < -0.39 is 0 Å². The van der Waals surface area contributed by atoms with Gasteiger partial charge in [0.1, 0.15) is 0 Å². The molecule has 2 aromatic heterocycles. The van der Waals surface area contributed by atoms with Gasteiger partial charge in [0.2, 0.25) is 0 Å². The summed E-state index contributed by atoms with van der Waals surface area (Å²) < 4.78 is 0. The van der Waals surface area contributed by atoms with Crippen LogP contribution in [0.5, 0.6) is 0 Å². The van der Waals surface area contributed by atoms with Crippen molar-refractivity contribution in [3.63, 3.8) is 0 Å². The molecule has 0 unspecified atom stereocenters. The summed E-state index contributed by atoms with van der Waals surface area (Å²) in [6.07, 6.45) is 0.938. The maximum atomic E-state index is 6.08. The van der Waals surface area contributed by atoms with E-state index in [0.717, 1.165) is 52.5 Å². The van der Waals surface area contributed by atoms with Crippen LogP contribution >= 0.6 is 11.3 Å². The van der Waals surface area contributed by atoms with Crippen molar-refractivity contribution in [2.24, 2.45) is 0 Å². The molecule has 0 aliphatic heterocycles. The zero-order valence-corrected chi connectivity index (χ0v) is 12.8. The third-order valence-electron chi connectivity index (χ3n) is 3.33. The van der Waals surface area contributed by atoms with Gasteiger partial charge in [-0.1, -0.05) is 18.2 Å². The highest BCUT2D eigenvalue weighted by Gasteiger charge is 2.03. The number of para-hydroxylation sites is 1. The highest BCUT2D eigenvalue weighted by molar-refractivity contribution is 7.09. The normalized spacial score (nSPS) is 11.1. The number of nitrogen functional groups attached to an aromatic ring is 1. The molecule has 3 rings (SSSR count). The predicted octanol–water partition coefficient (Wildman–Crippen LogP) is 2.91. The predicted molar refractivity (Wildman–Crippen MR) is 88.4 cm³/mol. The van der Waals surface area contributed by atoms with Gasteiger partial charge in [-0.25, -0.2) is 4.98 Å². The lowest BCUT2D eigenvalue weighted by atomic mass is 10.1. The average Bonchev–Trinajstić information content (AvgIpc) is 2.89. The van der Waals surface area contributed by atoms with Crippen molar-refractivity contribution in [2.45, 2.75) is 19.9 Å². The number of aromatic nitrogens is 2. The van der Waals surface area contributed by atoms with Gasteiger partial charge in [0.15, 0.2) is 0 Å². The number of aryl methyl sites for hydroxylation is 1. The van der Waals surface area contributed by atoms with Crippen LogP contribution in [0.3, 0.4) is 0 Å². The number of benzene rings is 1. The van der Waals surface area contributed by atoms with E-state index in [0.29, 0.717) is 0 Å². The van der Waals surface area contributed by atoms with Crippen LogP contribution in [0.25, 0.3) is 10.9 Å². The van der Waals surface area contributed by atoms with Crippen LogP contribution in [0.4, 0.5) is 5.69 Å². The maximum Gasteiger partial charge on any atom is 0.0897 e. The zero-order valence-electron chi connectivity index (χ0n) is 12.0. The van der Waals surface area contributed by atoms with Gasteiger partial charge < -0.3 is 11.1 Å². The number of hydrogen-bond acceptors (Lipinski definition) is 5. The largest absolute Gasteiger partial charge is 0.398 e. The van der Waals surface area contributed by atoms with Crippen LogP contribution in [0.2, 0.25) is 0 Å². The van der Waals surface area contributed by atoms with Crippen molar-refractivity contribution in [3.05, 3.63) is 52.1 Å². The van der Waals surface area contributed by atoms with E-state index in [9.17, 15) is 0 Å². The van der Waals surface area contributed by atoms with E-state index in [1.165, 1.54) is 0 Å². The number of fused-ring (bicyclic) bond motifs is 1. The first-order chi connectivity index (χ1) is 10.2. The summed E-state index contributed by atoms with van der Waals surface area (Å²) >= 11 is 1.69. The summed E-state index contributed by atoms with van der Waals surface area (Å²) in [5.41, 5.74) is 9.93. The molecule has 0 fully saturated rings. The zero-order chi connectivity index (χ0) is 14.7. The molecule has 3 N–H and O–H groups in total. The summed E-state index contributed by atoms with van der Waals surface area (Å²) in [6, 6.07) is 9.90. The quantitative estimate of drug-likeness (QED) is 0.711. The lowest BCUT2D eigenvalue weighted by Gasteiger charge is -2.07. The van der Waals surface area contributed by atoms with Crippen LogP contribution in [0.15, 0.2) is 35.7 Å². The molecule has 0 spiro atoms. The number of nitrogens with one attached hydrogen (secondary N) is 1. The van der Waals surface area contributed by atoms with Crippen LogP contribution < -0.4 is 11.1 Å². The molecule has 1 aromatic carbocycles. The Kier molecular flexibility index (Phi) is 4.13. The SMILES string of the molecule is Cc1nc(CCNCc2cc(N)c3ccccc3n2)cs1. The second kappa shape index (κ2) is 6.20. The number of nitrogens with two attached hydrogens (primary N) is 1. The molecule has 2 heterocycles. The molecular weight excluding hydrogens is 280 g/mol. The average molecular weight is 298 g/mol. The van der Waals surface area contributed by atoms with Gasteiger partial charge in [-0.2, -0.15) is 0 Å². The van der Waals surface area contributed by atoms with Crippen molar-refractivity contribution in [3.8, 4) is 0 Å². The number of nitrogens with zero attached hydrogens (tertiary/aromatic N) is 2. The molecule has 0 aliphatic rings. The van der Waals surface area contributed by atoms with E-state index in [4.69, 9.17) is 5.73 Å². The molecule has 3 aromatic rings. The highest BCUT2D eigenvalue weighted by Crippen LogP contribution is 2.19. The summed E-state index contributed by atoms with van der Waals surface area (Å²) in [5.74, 6) is 0. The Morgan fingerprint density at radius 3 is 2.86 bits per heavy atom. The Bertz CT molecular complexity index is 751. The summed E-state index contributed by atoms with van der Waals surface area (Å²) in [6.45, 7) is 3.64. The van der Waals surface area contributed by atoms with Crippen LogP contribution in [-0.2, 0) is 13.0 Å². The van der Waals surface area contributed by atoms with E-state index in [1.807, 2.05) is 37.3 Å². The Hall–Kier alpha value is -1.98. The molecule has 0 saturated heterocycles. The fourth-order valence-electron chi connectivity index (χ4n) is 2.31. The van der Waals surface area contributed by atoms with Crippen molar-refractivity contribution in [2.75, 3.05) is 12.3 Å². The van der Waals surface area contributed by atoms with E-state index in [-0.39, 0.29) is 0 Å². The third-order valence-corrected chi connectivity index (χ3v) is 4.15. The molecule has 4 nitrogen and oxygen atoms in total. The molecule has 5 heteroatoms. The molecule has 0 bridgehead atoms. The summed E-state index contributed by atoms with van der Waals surface area (Å²) in [7, 11) is 0. The number of thiazole rings is 1. The van der Waals surface area contributed by atoms with Gasteiger partial charge in [-0.05, 0) is 19.1 Å². The van der Waals surface area contributed by atoms with Crippen molar-refractivity contribution >= 4 is 27.9 Å². The smallest absolute Gasteiger partial charge is 0.0897 e. The van der Waals surface area contributed by atoms with Crippen molar-refractivity contribution < 1.29 is 0 Å². The van der Waals surface area contributed by atoms with Gasteiger partial charge in [0.05, 0.1) is 21.9 Å². The first-order valence-corrected chi connectivity index (χ1v) is 7.86. The van der Waals surface area contributed by atoms with Crippen LogP contribution in [0.1, 0.15) is 16.4 Å². The maximum absolute atomic E-state index is 6.08. The lowest BCUT2D eigenvalue weighted by Crippen LogP contribution is -2.17. The number of rotatable bonds is 5. The van der Waals surface area contributed by atoms with Gasteiger partial charge >= 0.3 is 0 Å². The minimum atomic E-state index is 0.720. The molecule has 21 heavy (non-hydrogen) atoms. The topological polar surface area (TPSA) is 63.8 Å². The molecule has 0 saturated carbocycles. The first kappa shape index (κ1) is 14.0. The van der Waals surface area contributed by atoms with E-state index in [2.05, 4.69) is 20.7 Å². The number of anilines is 1. The van der Waals surface area contributed by atoms with Gasteiger partial charge in [0, 0.05) is 36.0 Å². The lowest BCUT2D eigenvalue weighted by molar-refractivity contribution is 0.671. The molecule has 0 aliphatic carbocycles.